The number of rotatable bonds is 5. The summed E-state index contributed by atoms with van der Waals surface area (Å²) in [4.78, 5) is 0. The number of aliphatic hydroxyl groups excluding tert-OH is 1. The van der Waals surface area contributed by atoms with Gasteiger partial charge in [-0.15, -0.1) is 6.58 Å². The van der Waals surface area contributed by atoms with Crippen LogP contribution < -0.4 is 0 Å². The van der Waals surface area contributed by atoms with E-state index in [0.29, 0.717) is 5.92 Å². The molecule has 0 saturated heterocycles. The number of benzene rings is 1. The molecule has 86 valence electrons. The van der Waals surface area contributed by atoms with Gasteiger partial charge in [-0.05, 0) is 43.2 Å². The van der Waals surface area contributed by atoms with E-state index < -0.39 is 0 Å². The minimum absolute atomic E-state index is 0.177. The lowest BCUT2D eigenvalue weighted by Gasteiger charge is -2.18. The Morgan fingerprint density at radius 2 is 2.25 bits per heavy atom. The van der Waals surface area contributed by atoms with Crippen LogP contribution in [0.4, 0.5) is 0 Å². The Morgan fingerprint density at radius 3 is 3.06 bits per heavy atom. The van der Waals surface area contributed by atoms with E-state index >= 15 is 0 Å². The van der Waals surface area contributed by atoms with Crippen LogP contribution in [0.1, 0.15) is 42.7 Å². The lowest BCUT2D eigenvalue weighted by atomic mass is 9.92. The Kier molecular flexibility index (Phi) is 3.79. The predicted octanol–water partition coefficient (Wildman–Crippen LogP) is 3.43. The van der Waals surface area contributed by atoms with Crippen LogP contribution >= 0.6 is 0 Å². The van der Waals surface area contributed by atoms with Gasteiger partial charge in [0.2, 0.25) is 0 Å². The number of hydrogen-bond donors (Lipinski definition) is 1. The normalized spacial score (nSPS) is 20.4. The zero-order valence-electron chi connectivity index (χ0n) is 9.73. The maximum Gasteiger partial charge on any atom is 0.0609 e. The Balaban J connectivity index is 1.98. The molecule has 2 unspecified atom stereocenters. The quantitative estimate of drug-likeness (QED) is 0.590. The van der Waals surface area contributed by atoms with Gasteiger partial charge in [-0.25, -0.2) is 0 Å². The largest absolute Gasteiger partial charge is 0.392 e. The third-order valence-corrected chi connectivity index (χ3v) is 3.55. The van der Waals surface area contributed by atoms with Gasteiger partial charge in [-0.3, -0.25) is 0 Å². The molecule has 1 heteroatoms. The molecule has 0 fully saturated rings. The monoisotopic (exact) mass is 216 g/mol. The summed E-state index contributed by atoms with van der Waals surface area (Å²) < 4.78 is 0. The number of allylic oxidation sites excluding steroid dienone is 1. The number of aliphatic hydroxyl groups is 1. The number of hydrogen-bond acceptors (Lipinski definition) is 1. The topological polar surface area (TPSA) is 20.2 Å². The van der Waals surface area contributed by atoms with Gasteiger partial charge >= 0.3 is 0 Å². The van der Waals surface area contributed by atoms with Crippen LogP contribution in [0.25, 0.3) is 0 Å². The molecule has 2 rings (SSSR count). The summed E-state index contributed by atoms with van der Waals surface area (Å²) in [5, 5.41) is 10.2. The van der Waals surface area contributed by atoms with Crippen LogP contribution in [0, 0.1) is 0 Å². The van der Waals surface area contributed by atoms with Crippen molar-refractivity contribution < 1.29 is 5.11 Å². The highest BCUT2D eigenvalue weighted by molar-refractivity contribution is 5.35. The van der Waals surface area contributed by atoms with Crippen molar-refractivity contribution in [3.63, 3.8) is 0 Å². The predicted molar refractivity (Wildman–Crippen MR) is 67.6 cm³/mol. The first-order valence-electron chi connectivity index (χ1n) is 6.19. The summed E-state index contributed by atoms with van der Waals surface area (Å²) in [6, 6.07) is 8.52. The SMILES string of the molecule is C=CCCCC(O)C1CCc2ccccc21. The lowest BCUT2D eigenvalue weighted by Crippen LogP contribution is -2.16. The molecule has 0 bridgehead atoms. The minimum atomic E-state index is -0.177. The van der Waals surface area contributed by atoms with E-state index in [9.17, 15) is 5.11 Å². The van der Waals surface area contributed by atoms with Crippen molar-refractivity contribution in [3.05, 3.63) is 48.0 Å². The van der Waals surface area contributed by atoms with Gasteiger partial charge in [0.15, 0.2) is 0 Å². The summed E-state index contributed by atoms with van der Waals surface area (Å²) in [7, 11) is 0. The minimum Gasteiger partial charge on any atom is -0.392 e. The van der Waals surface area contributed by atoms with E-state index in [-0.39, 0.29) is 6.10 Å². The van der Waals surface area contributed by atoms with Gasteiger partial charge in [0.05, 0.1) is 6.10 Å². The van der Waals surface area contributed by atoms with Gasteiger partial charge < -0.3 is 5.11 Å². The second-order valence-electron chi connectivity index (χ2n) is 4.63. The Labute approximate surface area is 97.8 Å². The molecule has 2 atom stereocenters. The van der Waals surface area contributed by atoms with E-state index in [2.05, 4.69) is 30.8 Å². The van der Waals surface area contributed by atoms with Crippen molar-refractivity contribution in [3.8, 4) is 0 Å². The Bertz CT molecular complexity index is 356. The maximum atomic E-state index is 10.2. The van der Waals surface area contributed by atoms with Crippen LogP contribution in [0.2, 0.25) is 0 Å². The second kappa shape index (κ2) is 5.31. The highest BCUT2D eigenvalue weighted by Gasteiger charge is 2.27. The van der Waals surface area contributed by atoms with E-state index in [4.69, 9.17) is 0 Å². The summed E-state index contributed by atoms with van der Waals surface area (Å²) in [6.07, 6.45) is 6.92. The molecular weight excluding hydrogens is 196 g/mol. The molecule has 16 heavy (non-hydrogen) atoms. The molecule has 0 radical (unpaired) electrons. The fourth-order valence-corrected chi connectivity index (χ4v) is 2.66. The average Bonchev–Trinajstić information content (AvgIpc) is 2.73. The lowest BCUT2D eigenvalue weighted by molar-refractivity contribution is 0.131. The van der Waals surface area contributed by atoms with Crippen LogP contribution in [0.15, 0.2) is 36.9 Å². The standard InChI is InChI=1S/C15H20O/c1-2-3-4-9-15(16)14-11-10-12-7-5-6-8-13(12)14/h2,5-8,14-16H,1,3-4,9-11H2. The number of unbranched alkanes of at least 4 members (excludes halogenated alkanes) is 1. The first-order chi connectivity index (χ1) is 7.83. The van der Waals surface area contributed by atoms with Crippen molar-refractivity contribution >= 4 is 0 Å². The fourth-order valence-electron chi connectivity index (χ4n) is 2.66. The van der Waals surface area contributed by atoms with Crippen molar-refractivity contribution in [1.82, 2.24) is 0 Å². The molecule has 0 aromatic heterocycles. The van der Waals surface area contributed by atoms with Gasteiger partial charge in [-0.2, -0.15) is 0 Å². The third kappa shape index (κ3) is 2.35. The Hall–Kier alpha value is -1.08. The third-order valence-electron chi connectivity index (χ3n) is 3.55. The summed E-state index contributed by atoms with van der Waals surface area (Å²) in [5.74, 6) is 0.362. The molecule has 1 N–H and O–H groups in total. The molecule has 1 aromatic rings. The van der Waals surface area contributed by atoms with Crippen LogP contribution in [-0.4, -0.2) is 11.2 Å². The van der Waals surface area contributed by atoms with E-state index in [1.54, 1.807) is 0 Å². The molecular formula is C15H20O. The maximum absolute atomic E-state index is 10.2. The average molecular weight is 216 g/mol. The highest BCUT2D eigenvalue weighted by Crippen LogP contribution is 2.36. The first kappa shape index (κ1) is 11.4. The molecule has 1 nitrogen and oxygen atoms in total. The van der Waals surface area contributed by atoms with Crippen molar-refractivity contribution in [2.45, 2.75) is 44.1 Å². The number of fused-ring (bicyclic) bond motifs is 1. The molecule has 1 aliphatic carbocycles. The number of aryl methyl sites for hydroxylation is 1. The van der Waals surface area contributed by atoms with Crippen molar-refractivity contribution in [2.75, 3.05) is 0 Å². The van der Waals surface area contributed by atoms with Gasteiger partial charge in [-0.1, -0.05) is 30.3 Å². The molecule has 0 spiro atoms. The van der Waals surface area contributed by atoms with Crippen LogP contribution in [0.3, 0.4) is 0 Å². The second-order valence-corrected chi connectivity index (χ2v) is 4.63. The summed E-state index contributed by atoms with van der Waals surface area (Å²) >= 11 is 0. The van der Waals surface area contributed by atoms with E-state index in [0.717, 1.165) is 32.1 Å². The summed E-state index contributed by atoms with van der Waals surface area (Å²) in [6.45, 7) is 3.71. The fraction of sp³-hybridized carbons (Fsp3) is 0.467. The zero-order chi connectivity index (χ0) is 11.4. The van der Waals surface area contributed by atoms with Gasteiger partial charge in [0.25, 0.3) is 0 Å². The van der Waals surface area contributed by atoms with Crippen molar-refractivity contribution in [2.24, 2.45) is 0 Å². The summed E-state index contributed by atoms with van der Waals surface area (Å²) in [5.41, 5.74) is 2.80. The van der Waals surface area contributed by atoms with Gasteiger partial charge in [0, 0.05) is 5.92 Å². The smallest absolute Gasteiger partial charge is 0.0609 e. The van der Waals surface area contributed by atoms with Crippen LogP contribution in [-0.2, 0) is 6.42 Å². The molecule has 0 heterocycles. The van der Waals surface area contributed by atoms with Crippen LogP contribution in [0.5, 0.6) is 0 Å². The zero-order valence-corrected chi connectivity index (χ0v) is 9.73. The molecule has 1 aromatic carbocycles. The first-order valence-corrected chi connectivity index (χ1v) is 6.19. The van der Waals surface area contributed by atoms with E-state index in [1.807, 2.05) is 6.08 Å². The van der Waals surface area contributed by atoms with Crippen molar-refractivity contribution in [1.29, 1.82) is 0 Å². The Morgan fingerprint density at radius 1 is 1.44 bits per heavy atom. The van der Waals surface area contributed by atoms with Gasteiger partial charge in [0.1, 0.15) is 0 Å². The van der Waals surface area contributed by atoms with E-state index in [1.165, 1.54) is 11.1 Å². The molecule has 1 aliphatic rings. The molecule has 0 amide bonds. The highest BCUT2D eigenvalue weighted by atomic mass is 16.3. The molecule has 0 aliphatic heterocycles. The molecule has 0 saturated carbocycles.